The van der Waals surface area contributed by atoms with Gasteiger partial charge in [0.15, 0.2) is 0 Å². The van der Waals surface area contributed by atoms with Crippen molar-refractivity contribution in [1.82, 2.24) is 15.2 Å². The maximum absolute atomic E-state index is 12.7. The second-order valence-electron chi connectivity index (χ2n) is 8.51. The number of benzene rings is 3. The molecule has 0 saturated heterocycles. The Labute approximate surface area is 225 Å². The summed E-state index contributed by atoms with van der Waals surface area (Å²) in [6, 6.07) is 21.9. The van der Waals surface area contributed by atoms with Crippen LogP contribution in [0.25, 0.3) is 10.9 Å². The Bertz CT molecular complexity index is 1430. The fraction of sp³-hybridized carbons (Fsp3) is 0.179. The molecule has 1 heterocycles. The number of pyridine rings is 1. The summed E-state index contributed by atoms with van der Waals surface area (Å²) in [5.41, 5.74) is 3.47. The first-order valence-electron chi connectivity index (χ1n) is 11.6. The van der Waals surface area contributed by atoms with Crippen LogP contribution in [0.4, 0.5) is 10.5 Å². The van der Waals surface area contributed by atoms with Crippen molar-refractivity contribution in [2.45, 2.75) is 20.1 Å². The molecule has 0 fully saturated rings. The van der Waals surface area contributed by atoms with E-state index in [1.807, 2.05) is 67.6 Å². The van der Waals surface area contributed by atoms with E-state index in [-0.39, 0.29) is 24.1 Å². The predicted molar refractivity (Wildman–Crippen MR) is 147 cm³/mol. The van der Waals surface area contributed by atoms with E-state index in [9.17, 15) is 9.59 Å². The number of rotatable bonds is 8. The number of anilines is 1. The van der Waals surface area contributed by atoms with E-state index in [2.05, 4.69) is 15.6 Å². The molecule has 0 aliphatic carbocycles. The third kappa shape index (κ3) is 6.70. The molecule has 4 rings (SSSR count). The van der Waals surface area contributed by atoms with Crippen LogP contribution in [0.3, 0.4) is 0 Å². The first-order valence-corrected chi connectivity index (χ1v) is 12.4. The number of urea groups is 1. The molecule has 7 nitrogen and oxygen atoms in total. The van der Waals surface area contributed by atoms with Crippen LogP contribution in [-0.4, -0.2) is 35.4 Å². The Morgan fingerprint density at radius 1 is 0.973 bits per heavy atom. The van der Waals surface area contributed by atoms with Gasteiger partial charge in [0.25, 0.3) is 0 Å². The van der Waals surface area contributed by atoms with Gasteiger partial charge < -0.3 is 20.3 Å². The van der Waals surface area contributed by atoms with Gasteiger partial charge in [0, 0.05) is 35.3 Å². The zero-order valence-corrected chi connectivity index (χ0v) is 21.9. The maximum atomic E-state index is 12.7. The Hall–Kier alpha value is -3.81. The van der Waals surface area contributed by atoms with Crippen LogP contribution in [0.5, 0.6) is 5.75 Å². The van der Waals surface area contributed by atoms with Gasteiger partial charge in [-0.05, 0) is 36.8 Å². The standard InChI is InChI=1S/C28H26Cl2N4O3/c1-18-11-12-20-9-6-10-24(27(20)32-18)37-17-21-22(29)13-14-23(26(21)30)33-28(36)34(2)16-25(35)31-15-19-7-4-3-5-8-19/h3-14H,15-17H2,1-2H3,(H,31,35)(H,33,36). The largest absolute Gasteiger partial charge is 0.487 e. The van der Waals surface area contributed by atoms with Crippen molar-refractivity contribution < 1.29 is 14.3 Å². The van der Waals surface area contributed by atoms with Gasteiger partial charge in [-0.25, -0.2) is 9.78 Å². The molecule has 1 aromatic heterocycles. The highest BCUT2D eigenvalue weighted by molar-refractivity contribution is 6.38. The minimum Gasteiger partial charge on any atom is -0.487 e. The summed E-state index contributed by atoms with van der Waals surface area (Å²) in [4.78, 5) is 30.9. The SMILES string of the molecule is Cc1ccc2cccc(OCc3c(Cl)ccc(NC(=O)N(C)CC(=O)NCc4ccccc4)c3Cl)c2n1. The topological polar surface area (TPSA) is 83.6 Å². The molecule has 0 unspecified atom stereocenters. The van der Waals surface area contributed by atoms with Gasteiger partial charge in [0.05, 0.1) is 10.7 Å². The molecule has 37 heavy (non-hydrogen) atoms. The fourth-order valence-electron chi connectivity index (χ4n) is 3.66. The molecule has 3 amide bonds. The van der Waals surface area contributed by atoms with Gasteiger partial charge >= 0.3 is 6.03 Å². The quantitative estimate of drug-likeness (QED) is 0.280. The molecule has 3 aromatic carbocycles. The molecule has 4 aromatic rings. The van der Waals surface area contributed by atoms with Gasteiger partial charge in [0.2, 0.25) is 5.91 Å². The molecular weight excluding hydrogens is 511 g/mol. The summed E-state index contributed by atoms with van der Waals surface area (Å²) < 4.78 is 6.04. The smallest absolute Gasteiger partial charge is 0.322 e. The van der Waals surface area contributed by atoms with Crippen LogP contribution in [0.2, 0.25) is 10.0 Å². The Kier molecular flexibility index (Phi) is 8.48. The number of halogens is 2. The normalized spacial score (nSPS) is 10.7. The maximum Gasteiger partial charge on any atom is 0.322 e. The molecule has 2 N–H and O–H groups in total. The summed E-state index contributed by atoms with van der Waals surface area (Å²) >= 11 is 13.0. The average Bonchev–Trinajstić information content (AvgIpc) is 2.89. The summed E-state index contributed by atoms with van der Waals surface area (Å²) in [7, 11) is 1.53. The Balaban J connectivity index is 1.39. The lowest BCUT2D eigenvalue weighted by atomic mass is 10.2. The third-order valence-electron chi connectivity index (χ3n) is 5.68. The number of aryl methyl sites for hydroxylation is 1. The predicted octanol–water partition coefficient (Wildman–Crippen LogP) is 6.21. The molecule has 9 heteroatoms. The first kappa shape index (κ1) is 26.3. The lowest BCUT2D eigenvalue weighted by molar-refractivity contribution is -0.121. The zero-order chi connectivity index (χ0) is 26.4. The zero-order valence-electron chi connectivity index (χ0n) is 20.4. The van der Waals surface area contributed by atoms with Crippen LogP contribution >= 0.6 is 23.2 Å². The van der Waals surface area contributed by atoms with Crippen molar-refractivity contribution in [2.24, 2.45) is 0 Å². The number of likely N-dealkylation sites (N-methyl/N-ethyl adjacent to an activating group) is 1. The number of nitrogens with zero attached hydrogens (tertiary/aromatic N) is 2. The van der Waals surface area contributed by atoms with Crippen molar-refractivity contribution in [1.29, 1.82) is 0 Å². The highest BCUT2D eigenvalue weighted by Gasteiger charge is 2.18. The van der Waals surface area contributed by atoms with Gasteiger partial charge in [-0.1, -0.05) is 71.7 Å². The Morgan fingerprint density at radius 3 is 2.54 bits per heavy atom. The lowest BCUT2D eigenvalue weighted by Crippen LogP contribution is -2.40. The number of hydrogen-bond acceptors (Lipinski definition) is 4. The number of fused-ring (bicyclic) bond motifs is 1. The van der Waals surface area contributed by atoms with Gasteiger partial charge in [-0.3, -0.25) is 4.79 Å². The van der Waals surface area contributed by atoms with Crippen molar-refractivity contribution >= 4 is 51.7 Å². The molecule has 0 radical (unpaired) electrons. The molecule has 190 valence electrons. The van der Waals surface area contributed by atoms with E-state index >= 15 is 0 Å². The van der Waals surface area contributed by atoms with E-state index in [0.29, 0.717) is 28.6 Å². The highest BCUT2D eigenvalue weighted by atomic mass is 35.5. The number of nitrogens with one attached hydrogen (secondary N) is 2. The van der Waals surface area contributed by atoms with Gasteiger partial charge in [-0.15, -0.1) is 0 Å². The summed E-state index contributed by atoms with van der Waals surface area (Å²) in [6.07, 6.45) is 0. The van der Waals surface area contributed by atoms with E-state index in [4.69, 9.17) is 27.9 Å². The summed E-state index contributed by atoms with van der Waals surface area (Å²) in [5, 5.41) is 7.16. The van der Waals surface area contributed by atoms with E-state index < -0.39 is 6.03 Å². The number of carbonyl (C=O) groups excluding carboxylic acids is 2. The minimum absolute atomic E-state index is 0.0772. The minimum atomic E-state index is -0.486. The van der Waals surface area contributed by atoms with Crippen LogP contribution in [-0.2, 0) is 17.9 Å². The monoisotopic (exact) mass is 536 g/mol. The molecule has 0 bridgehead atoms. The molecular formula is C28H26Cl2N4O3. The van der Waals surface area contributed by atoms with Crippen molar-refractivity contribution in [3.63, 3.8) is 0 Å². The number of para-hydroxylation sites is 1. The highest BCUT2D eigenvalue weighted by Crippen LogP contribution is 2.34. The third-order valence-corrected chi connectivity index (χ3v) is 6.47. The molecule has 0 spiro atoms. The van der Waals surface area contributed by atoms with Crippen LogP contribution in [0.15, 0.2) is 72.8 Å². The second kappa shape index (κ2) is 12.0. The van der Waals surface area contributed by atoms with Crippen LogP contribution in [0.1, 0.15) is 16.8 Å². The molecule has 0 aliphatic rings. The number of aromatic nitrogens is 1. The molecule has 0 aliphatic heterocycles. The number of carbonyl (C=O) groups is 2. The van der Waals surface area contributed by atoms with Gasteiger partial charge in [-0.2, -0.15) is 0 Å². The average molecular weight is 537 g/mol. The van der Waals surface area contributed by atoms with Gasteiger partial charge in [0.1, 0.15) is 24.4 Å². The fourth-order valence-corrected chi connectivity index (χ4v) is 4.19. The van der Waals surface area contributed by atoms with Crippen LogP contribution in [0, 0.1) is 6.92 Å². The van der Waals surface area contributed by atoms with E-state index in [0.717, 1.165) is 22.2 Å². The number of amides is 3. The molecule has 0 saturated carbocycles. The van der Waals surface area contributed by atoms with Crippen molar-refractivity contribution in [2.75, 3.05) is 18.9 Å². The number of hydrogen-bond donors (Lipinski definition) is 2. The number of ether oxygens (including phenoxy) is 1. The van der Waals surface area contributed by atoms with E-state index in [1.165, 1.54) is 11.9 Å². The Morgan fingerprint density at radius 2 is 1.76 bits per heavy atom. The van der Waals surface area contributed by atoms with E-state index in [1.54, 1.807) is 12.1 Å². The summed E-state index contributed by atoms with van der Waals surface area (Å²) in [6.45, 7) is 2.26. The summed E-state index contributed by atoms with van der Waals surface area (Å²) in [5.74, 6) is 0.320. The van der Waals surface area contributed by atoms with Crippen LogP contribution < -0.4 is 15.4 Å². The first-order chi connectivity index (χ1) is 17.8. The molecule has 0 atom stereocenters. The lowest BCUT2D eigenvalue weighted by Gasteiger charge is -2.19. The second-order valence-corrected chi connectivity index (χ2v) is 9.29. The van der Waals surface area contributed by atoms with Crippen molar-refractivity contribution in [3.05, 3.63) is 99.7 Å². The van der Waals surface area contributed by atoms with Crippen molar-refractivity contribution in [3.8, 4) is 5.75 Å².